The van der Waals surface area contributed by atoms with Crippen LogP contribution < -0.4 is 10.9 Å². The molecule has 1 fully saturated rings. The molecule has 1 N–H and O–H groups in total. The summed E-state index contributed by atoms with van der Waals surface area (Å²) in [6.07, 6.45) is 3.89. The number of nitrogens with zero attached hydrogens (tertiary/aromatic N) is 2. The predicted octanol–water partition coefficient (Wildman–Crippen LogP) is 0.845. The molecule has 7 heteroatoms. The summed E-state index contributed by atoms with van der Waals surface area (Å²) < 4.78 is 24.4. The lowest BCUT2D eigenvalue weighted by molar-refractivity contribution is 0.383. The molecule has 0 radical (unpaired) electrons. The van der Waals surface area contributed by atoms with Crippen LogP contribution in [-0.4, -0.2) is 36.0 Å². The lowest BCUT2D eigenvalue weighted by Gasteiger charge is -2.22. The summed E-state index contributed by atoms with van der Waals surface area (Å²) in [6.45, 7) is 6.31. The lowest BCUT2D eigenvalue weighted by atomic mass is 10.1. The summed E-state index contributed by atoms with van der Waals surface area (Å²) >= 11 is 0. The highest BCUT2D eigenvalue weighted by atomic mass is 32.2. The Balaban J connectivity index is 2.10. The molecule has 2 heterocycles. The van der Waals surface area contributed by atoms with Crippen LogP contribution in [0.5, 0.6) is 0 Å². The molecule has 6 nitrogen and oxygen atoms in total. The minimum atomic E-state index is -2.89. The van der Waals surface area contributed by atoms with E-state index in [4.69, 9.17) is 0 Å². The van der Waals surface area contributed by atoms with Crippen molar-refractivity contribution in [3.8, 4) is 0 Å². The predicted molar refractivity (Wildman–Crippen MR) is 78.7 cm³/mol. The average Bonchev–Trinajstić information content (AvgIpc) is 2.66. The summed E-state index contributed by atoms with van der Waals surface area (Å²) in [5.74, 6) is 0.782. The fourth-order valence-electron chi connectivity index (χ4n) is 2.34. The lowest BCUT2D eigenvalue weighted by Crippen LogP contribution is -2.35. The van der Waals surface area contributed by atoms with Gasteiger partial charge in [-0.3, -0.25) is 4.79 Å². The van der Waals surface area contributed by atoms with Crippen LogP contribution in [0.2, 0.25) is 0 Å². The minimum absolute atomic E-state index is 0.0597. The van der Waals surface area contributed by atoms with E-state index in [-0.39, 0.29) is 34.3 Å². The van der Waals surface area contributed by atoms with Crippen molar-refractivity contribution in [3.63, 3.8) is 0 Å². The van der Waals surface area contributed by atoms with Gasteiger partial charge in [-0.05, 0) is 33.1 Å². The second kappa shape index (κ2) is 5.20. The molecule has 0 bridgehead atoms. The van der Waals surface area contributed by atoms with Gasteiger partial charge in [-0.2, -0.15) is 0 Å². The highest BCUT2D eigenvalue weighted by molar-refractivity contribution is 7.91. The quantitative estimate of drug-likeness (QED) is 0.894. The van der Waals surface area contributed by atoms with E-state index < -0.39 is 9.84 Å². The first kappa shape index (κ1) is 15.0. The van der Waals surface area contributed by atoms with Crippen molar-refractivity contribution in [1.29, 1.82) is 0 Å². The van der Waals surface area contributed by atoms with Crippen LogP contribution in [0.15, 0.2) is 17.2 Å². The molecule has 1 aromatic heterocycles. The zero-order valence-electron chi connectivity index (χ0n) is 12.1. The Morgan fingerprint density at radius 1 is 1.45 bits per heavy atom. The summed E-state index contributed by atoms with van der Waals surface area (Å²) in [7, 11) is -2.89. The van der Waals surface area contributed by atoms with E-state index in [1.54, 1.807) is 17.0 Å². The van der Waals surface area contributed by atoms with Gasteiger partial charge in [0.25, 0.3) is 5.56 Å². The number of sulfone groups is 1. The largest absolute Gasteiger partial charge is 0.365 e. The number of anilines is 1. The third kappa shape index (κ3) is 3.39. The maximum Gasteiger partial charge on any atom is 0.293 e. The van der Waals surface area contributed by atoms with E-state index in [0.29, 0.717) is 13.0 Å². The van der Waals surface area contributed by atoms with Crippen molar-refractivity contribution < 1.29 is 8.42 Å². The molecule has 0 aromatic carbocycles. The van der Waals surface area contributed by atoms with Crippen molar-refractivity contribution in [2.75, 3.05) is 23.4 Å². The van der Waals surface area contributed by atoms with E-state index in [2.05, 4.69) is 10.3 Å². The summed E-state index contributed by atoms with van der Waals surface area (Å²) in [5.41, 5.74) is -0.492. The Morgan fingerprint density at radius 3 is 2.70 bits per heavy atom. The molecule has 20 heavy (non-hydrogen) atoms. The molecular weight excluding hydrogens is 278 g/mol. The highest BCUT2D eigenvalue weighted by Gasteiger charge is 2.28. The van der Waals surface area contributed by atoms with Crippen LogP contribution in [0.1, 0.15) is 27.2 Å². The van der Waals surface area contributed by atoms with Gasteiger partial charge in [-0.15, -0.1) is 0 Å². The summed E-state index contributed by atoms with van der Waals surface area (Å²) in [5, 5.41) is 3.00. The van der Waals surface area contributed by atoms with Gasteiger partial charge in [0.05, 0.1) is 11.5 Å². The topological polar surface area (TPSA) is 81.1 Å². The first-order chi connectivity index (χ1) is 9.19. The van der Waals surface area contributed by atoms with Crippen LogP contribution in [0.4, 0.5) is 5.82 Å². The molecular formula is C13H21N3O3S. The average molecular weight is 299 g/mol. The van der Waals surface area contributed by atoms with E-state index in [9.17, 15) is 13.2 Å². The molecule has 112 valence electrons. The Bertz CT molecular complexity index is 644. The third-order valence-electron chi connectivity index (χ3n) is 3.45. The zero-order valence-corrected chi connectivity index (χ0v) is 12.9. The molecule has 1 atom stereocenters. The molecule has 1 unspecified atom stereocenters. The number of rotatable bonds is 3. The molecule has 0 amide bonds. The normalized spacial score (nSPS) is 21.9. The van der Waals surface area contributed by atoms with Gasteiger partial charge >= 0.3 is 0 Å². The standard InChI is InChI=1S/C13H21N3O3S/c1-13(2,3)16-6-5-14-11(12(16)17)15-8-10-4-7-20(18,19)9-10/h5-6,10H,4,7-9H2,1-3H3,(H,14,15). The van der Waals surface area contributed by atoms with Gasteiger partial charge in [-0.25, -0.2) is 13.4 Å². The second-order valence-corrected chi connectivity index (χ2v) is 8.50. The first-order valence-electron chi connectivity index (χ1n) is 6.71. The number of hydrogen-bond donors (Lipinski definition) is 1. The molecule has 1 saturated heterocycles. The first-order valence-corrected chi connectivity index (χ1v) is 8.54. The maximum absolute atomic E-state index is 12.3. The van der Waals surface area contributed by atoms with Gasteiger partial charge in [-0.1, -0.05) is 0 Å². The molecule has 0 spiro atoms. The Labute approximate surface area is 119 Å². The summed E-state index contributed by atoms with van der Waals surface area (Å²) in [4.78, 5) is 16.3. The third-order valence-corrected chi connectivity index (χ3v) is 5.29. The van der Waals surface area contributed by atoms with E-state index in [1.165, 1.54) is 0 Å². The van der Waals surface area contributed by atoms with Crippen LogP contribution in [0.3, 0.4) is 0 Å². The van der Waals surface area contributed by atoms with Crippen molar-refractivity contribution in [1.82, 2.24) is 9.55 Å². The molecule has 1 aliphatic heterocycles. The zero-order chi connectivity index (χ0) is 15.0. The van der Waals surface area contributed by atoms with Crippen LogP contribution >= 0.6 is 0 Å². The van der Waals surface area contributed by atoms with Crippen LogP contribution in [0, 0.1) is 5.92 Å². The van der Waals surface area contributed by atoms with Gasteiger partial charge in [0, 0.05) is 24.5 Å². The van der Waals surface area contributed by atoms with Gasteiger partial charge in [0.2, 0.25) is 0 Å². The van der Waals surface area contributed by atoms with Crippen LogP contribution in [0.25, 0.3) is 0 Å². The van der Waals surface area contributed by atoms with Gasteiger partial charge in [0.1, 0.15) is 0 Å². The Hall–Kier alpha value is -1.37. The molecule has 0 saturated carbocycles. The van der Waals surface area contributed by atoms with Crippen LogP contribution in [-0.2, 0) is 15.4 Å². The van der Waals surface area contributed by atoms with Gasteiger partial charge in [0.15, 0.2) is 15.7 Å². The molecule has 0 aliphatic carbocycles. The Kier molecular flexibility index (Phi) is 3.90. The molecule has 1 aliphatic rings. The number of hydrogen-bond acceptors (Lipinski definition) is 5. The van der Waals surface area contributed by atoms with Crippen molar-refractivity contribution >= 4 is 15.7 Å². The fourth-order valence-corrected chi connectivity index (χ4v) is 4.20. The monoisotopic (exact) mass is 299 g/mol. The SMILES string of the molecule is CC(C)(C)n1ccnc(NCC2CCS(=O)(=O)C2)c1=O. The van der Waals surface area contributed by atoms with E-state index in [0.717, 1.165) is 0 Å². The van der Waals surface area contributed by atoms with Crippen molar-refractivity contribution in [2.24, 2.45) is 5.92 Å². The summed E-state index contributed by atoms with van der Waals surface area (Å²) in [6, 6.07) is 0. The van der Waals surface area contributed by atoms with Crippen molar-refractivity contribution in [3.05, 3.63) is 22.7 Å². The maximum atomic E-state index is 12.3. The van der Waals surface area contributed by atoms with E-state index in [1.807, 2.05) is 20.8 Å². The second-order valence-electron chi connectivity index (χ2n) is 6.27. The van der Waals surface area contributed by atoms with Crippen molar-refractivity contribution in [2.45, 2.75) is 32.7 Å². The molecule has 2 rings (SSSR count). The molecule has 1 aromatic rings. The number of nitrogens with one attached hydrogen (secondary N) is 1. The van der Waals surface area contributed by atoms with Gasteiger partial charge < -0.3 is 9.88 Å². The Morgan fingerprint density at radius 2 is 2.15 bits per heavy atom. The highest BCUT2D eigenvalue weighted by Crippen LogP contribution is 2.18. The minimum Gasteiger partial charge on any atom is -0.365 e. The smallest absolute Gasteiger partial charge is 0.293 e. The van der Waals surface area contributed by atoms with E-state index >= 15 is 0 Å². The fraction of sp³-hybridized carbons (Fsp3) is 0.692. The number of aromatic nitrogens is 2.